The van der Waals surface area contributed by atoms with E-state index in [2.05, 4.69) is 39.5 Å². The van der Waals surface area contributed by atoms with Crippen molar-refractivity contribution < 1.29 is 9.18 Å². The average molecular weight is 382 g/mol. The minimum Gasteiger partial charge on any atom is -0.367 e. The zero-order chi connectivity index (χ0) is 19.5. The van der Waals surface area contributed by atoms with Crippen molar-refractivity contribution in [2.24, 2.45) is 0 Å². The van der Waals surface area contributed by atoms with Gasteiger partial charge in [0.1, 0.15) is 5.82 Å². The predicted octanol–water partition coefficient (Wildman–Crippen LogP) is 2.50. The number of amides is 1. The highest BCUT2D eigenvalue weighted by Gasteiger charge is 2.19. The van der Waals surface area contributed by atoms with Crippen LogP contribution in [0.4, 0.5) is 10.1 Å². The second-order valence-electron chi connectivity index (χ2n) is 7.48. The Morgan fingerprint density at radius 3 is 2.61 bits per heavy atom. The van der Waals surface area contributed by atoms with E-state index in [9.17, 15) is 9.18 Å². The molecule has 0 unspecified atom stereocenters. The molecule has 0 bridgehead atoms. The zero-order valence-electron chi connectivity index (χ0n) is 16.3. The molecular formula is C22H27FN4O. The summed E-state index contributed by atoms with van der Waals surface area (Å²) in [5, 5.41) is 6.21. The van der Waals surface area contributed by atoms with Crippen LogP contribution in [-0.4, -0.2) is 43.5 Å². The monoisotopic (exact) mass is 382 g/mol. The molecule has 5 nitrogen and oxygen atoms in total. The Bertz CT molecular complexity index is 862. The Morgan fingerprint density at radius 1 is 1.07 bits per heavy atom. The van der Waals surface area contributed by atoms with Gasteiger partial charge in [-0.1, -0.05) is 25.1 Å². The number of halogens is 1. The van der Waals surface area contributed by atoms with E-state index in [0.29, 0.717) is 17.8 Å². The summed E-state index contributed by atoms with van der Waals surface area (Å²) in [5.74, 6) is -0.582. The van der Waals surface area contributed by atoms with E-state index in [-0.39, 0.29) is 11.7 Å². The van der Waals surface area contributed by atoms with Gasteiger partial charge in [-0.05, 0) is 41.4 Å². The first-order valence-electron chi connectivity index (χ1n) is 10.0. The summed E-state index contributed by atoms with van der Waals surface area (Å²) in [6.45, 7) is 8.88. The number of fused-ring (bicyclic) bond motifs is 1. The third kappa shape index (κ3) is 4.03. The molecule has 2 heterocycles. The van der Waals surface area contributed by atoms with E-state index in [0.717, 1.165) is 51.4 Å². The van der Waals surface area contributed by atoms with Gasteiger partial charge in [-0.2, -0.15) is 0 Å². The lowest BCUT2D eigenvalue weighted by Crippen LogP contribution is -2.46. The number of likely N-dealkylation sites (N-methyl/N-ethyl adjacent to an activating group) is 1. The highest BCUT2D eigenvalue weighted by atomic mass is 19.1. The summed E-state index contributed by atoms with van der Waals surface area (Å²) in [6.07, 6.45) is 0. The standard InChI is InChI=1S/C22H27FN4O/c1-2-26-7-9-27(10-8-26)21-6-5-17(12-20(21)23)22(28)25-13-16-3-4-18-14-24-15-19(18)11-16/h3-6,11-12,24H,2,7-10,13-15H2,1H3,(H,25,28). The molecular weight excluding hydrogens is 355 g/mol. The number of benzene rings is 2. The van der Waals surface area contributed by atoms with E-state index in [1.165, 1.54) is 17.2 Å². The molecule has 4 rings (SSSR count). The molecule has 2 aliphatic rings. The number of nitrogens with zero attached hydrogens (tertiary/aromatic N) is 2. The van der Waals surface area contributed by atoms with Crippen LogP contribution < -0.4 is 15.5 Å². The molecule has 6 heteroatoms. The normalized spacial score (nSPS) is 16.9. The molecule has 2 aromatic rings. The lowest BCUT2D eigenvalue weighted by atomic mass is 10.1. The van der Waals surface area contributed by atoms with E-state index >= 15 is 0 Å². The first-order valence-corrected chi connectivity index (χ1v) is 10.0. The van der Waals surface area contributed by atoms with Crippen LogP contribution in [0.25, 0.3) is 0 Å². The smallest absolute Gasteiger partial charge is 0.251 e. The third-order valence-corrected chi connectivity index (χ3v) is 5.72. The first kappa shape index (κ1) is 18.9. The van der Waals surface area contributed by atoms with Crippen LogP contribution in [-0.2, 0) is 19.6 Å². The number of piperazine rings is 1. The van der Waals surface area contributed by atoms with Crippen molar-refractivity contribution in [1.29, 1.82) is 0 Å². The van der Waals surface area contributed by atoms with Gasteiger partial charge in [0.15, 0.2) is 0 Å². The Morgan fingerprint density at radius 2 is 1.86 bits per heavy atom. The zero-order valence-corrected chi connectivity index (χ0v) is 16.3. The topological polar surface area (TPSA) is 47.6 Å². The molecule has 0 aromatic heterocycles. The maximum atomic E-state index is 14.6. The van der Waals surface area contributed by atoms with Crippen molar-refractivity contribution in [1.82, 2.24) is 15.5 Å². The summed E-state index contributed by atoms with van der Waals surface area (Å²) in [5.41, 5.74) is 4.59. The van der Waals surface area contributed by atoms with Crippen molar-refractivity contribution in [2.45, 2.75) is 26.6 Å². The van der Waals surface area contributed by atoms with E-state index < -0.39 is 0 Å². The van der Waals surface area contributed by atoms with Crippen LogP contribution in [0.5, 0.6) is 0 Å². The number of hydrogen-bond acceptors (Lipinski definition) is 4. The predicted molar refractivity (Wildman–Crippen MR) is 109 cm³/mol. The maximum Gasteiger partial charge on any atom is 0.251 e. The van der Waals surface area contributed by atoms with Gasteiger partial charge in [0.05, 0.1) is 5.69 Å². The average Bonchev–Trinajstić information content (AvgIpc) is 3.20. The highest BCUT2D eigenvalue weighted by molar-refractivity contribution is 5.94. The van der Waals surface area contributed by atoms with Crippen molar-refractivity contribution in [3.05, 3.63) is 64.5 Å². The number of carbonyl (C=O) groups is 1. The van der Waals surface area contributed by atoms with Gasteiger partial charge in [-0.15, -0.1) is 0 Å². The molecule has 1 saturated heterocycles. The summed E-state index contributed by atoms with van der Waals surface area (Å²) >= 11 is 0. The van der Waals surface area contributed by atoms with Gasteiger partial charge in [0.25, 0.3) is 5.91 Å². The fraction of sp³-hybridized carbons (Fsp3) is 0.409. The van der Waals surface area contributed by atoms with Crippen molar-refractivity contribution >= 4 is 11.6 Å². The van der Waals surface area contributed by atoms with Gasteiger partial charge in [-0.25, -0.2) is 4.39 Å². The van der Waals surface area contributed by atoms with Gasteiger partial charge in [0.2, 0.25) is 0 Å². The van der Waals surface area contributed by atoms with Crippen molar-refractivity contribution in [3.63, 3.8) is 0 Å². The summed E-state index contributed by atoms with van der Waals surface area (Å²) in [4.78, 5) is 16.9. The lowest BCUT2D eigenvalue weighted by molar-refractivity contribution is 0.0950. The third-order valence-electron chi connectivity index (χ3n) is 5.72. The molecule has 1 amide bonds. The number of carbonyl (C=O) groups excluding carboxylic acids is 1. The number of rotatable bonds is 5. The highest BCUT2D eigenvalue weighted by Crippen LogP contribution is 2.22. The SMILES string of the molecule is CCN1CCN(c2ccc(C(=O)NCc3ccc4c(c3)CNC4)cc2F)CC1. The van der Waals surface area contributed by atoms with Gasteiger partial charge in [-0.3, -0.25) is 4.79 Å². The Labute approximate surface area is 165 Å². The Balaban J connectivity index is 1.37. The molecule has 0 saturated carbocycles. The van der Waals surface area contributed by atoms with E-state index in [1.54, 1.807) is 12.1 Å². The van der Waals surface area contributed by atoms with Gasteiger partial charge >= 0.3 is 0 Å². The first-order chi connectivity index (χ1) is 13.6. The second-order valence-corrected chi connectivity index (χ2v) is 7.48. The van der Waals surface area contributed by atoms with Crippen LogP contribution in [0.15, 0.2) is 36.4 Å². The summed E-state index contributed by atoms with van der Waals surface area (Å²) in [6, 6.07) is 11.0. The van der Waals surface area contributed by atoms with Gasteiger partial charge < -0.3 is 20.4 Å². The largest absolute Gasteiger partial charge is 0.367 e. The fourth-order valence-corrected chi connectivity index (χ4v) is 3.95. The van der Waals surface area contributed by atoms with Gasteiger partial charge in [0, 0.05) is 51.4 Å². The molecule has 0 spiro atoms. The molecule has 2 aliphatic heterocycles. The molecule has 0 radical (unpaired) electrons. The lowest BCUT2D eigenvalue weighted by Gasteiger charge is -2.35. The van der Waals surface area contributed by atoms with Crippen molar-refractivity contribution in [3.8, 4) is 0 Å². The molecule has 2 aromatic carbocycles. The quantitative estimate of drug-likeness (QED) is 0.834. The van der Waals surface area contributed by atoms with Crippen LogP contribution in [0.1, 0.15) is 34.0 Å². The minimum absolute atomic E-state index is 0.250. The van der Waals surface area contributed by atoms with Crippen molar-refractivity contribution in [2.75, 3.05) is 37.6 Å². The summed E-state index contributed by atoms with van der Waals surface area (Å²) in [7, 11) is 0. The number of nitrogens with one attached hydrogen (secondary N) is 2. The second kappa shape index (κ2) is 8.29. The maximum absolute atomic E-state index is 14.6. The van der Waals surface area contributed by atoms with E-state index in [1.807, 2.05) is 6.07 Å². The van der Waals surface area contributed by atoms with E-state index in [4.69, 9.17) is 0 Å². The van der Waals surface area contributed by atoms with Crippen LogP contribution >= 0.6 is 0 Å². The number of hydrogen-bond donors (Lipinski definition) is 2. The molecule has 2 N–H and O–H groups in total. The Kier molecular flexibility index (Phi) is 5.59. The minimum atomic E-state index is -0.332. The molecule has 0 aliphatic carbocycles. The summed E-state index contributed by atoms with van der Waals surface area (Å²) < 4.78 is 14.6. The number of anilines is 1. The Hall–Kier alpha value is -2.44. The molecule has 0 atom stereocenters. The van der Waals surface area contributed by atoms with Crippen LogP contribution in [0.3, 0.4) is 0 Å². The molecule has 148 valence electrons. The molecule has 28 heavy (non-hydrogen) atoms. The van der Waals surface area contributed by atoms with Crippen LogP contribution in [0, 0.1) is 5.82 Å². The van der Waals surface area contributed by atoms with Crippen LogP contribution in [0.2, 0.25) is 0 Å². The molecule has 1 fully saturated rings. The fourth-order valence-electron chi connectivity index (χ4n) is 3.95.